The van der Waals surface area contributed by atoms with Gasteiger partial charge in [0.25, 0.3) is 0 Å². The van der Waals surface area contributed by atoms with Gasteiger partial charge in [0.1, 0.15) is 0 Å². The molecule has 25 heavy (non-hydrogen) atoms. The number of nitrogens with one attached hydrogen (secondary N) is 1. The number of nitrogens with zero attached hydrogens (tertiary/aromatic N) is 3. The number of hydrogen-bond donors (Lipinski definition) is 1. The molecular weight excluding hydrogens is 451 g/mol. The zero-order chi connectivity index (χ0) is 17.5. The number of aryl methyl sites for hydroxylation is 1. The van der Waals surface area contributed by atoms with Crippen molar-refractivity contribution in [3.05, 3.63) is 23.0 Å². The van der Waals surface area contributed by atoms with Crippen LogP contribution in [0.2, 0.25) is 5.02 Å². The Labute approximate surface area is 173 Å². The molecule has 3 rings (SSSR count). The number of aromatic nitrogens is 1. The maximum absolute atomic E-state index is 6.09. The van der Waals surface area contributed by atoms with Crippen LogP contribution in [-0.4, -0.2) is 48.3 Å². The van der Waals surface area contributed by atoms with Crippen LogP contribution in [0.4, 0.5) is 0 Å². The van der Waals surface area contributed by atoms with Gasteiger partial charge >= 0.3 is 0 Å². The Morgan fingerprint density at radius 2 is 2.24 bits per heavy atom. The van der Waals surface area contributed by atoms with Gasteiger partial charge in [-0.05, 0) is 18.9 Å². The SMILES string of the molecule is CN=C(NC1C2CCCOC2C1(C)C)N(C)Cc1cc(Cl)cn1C.I. The molecule has 1 N–H and O–H groups in total. The highest BCUT2D eigenvalue weighted by Crippen LogP contribution is 2.51. The summed E-state index contributed by atoms with van der Waals surface area (Å²) in [6.07, 6.45) is 4.70. The summed E-state index contributed by atoms with van der Waals surface area (Å²) in [5.41, 5.74) is 1.30. The molecule has 1 aromatic rings. The first kappa shape index (κ1) is 20.8. The van der Waals surface area contributed by atoms with Gasteiger partial charge in [0, 0.05) is 57.0 Å². The topological polar surface area (TPSA) is 41.8 Å². The number of ether oxygens (including phenoxy) is 1. The molecule has 3 atom stereocenters. The second kappa shape index (κ2) is 8.05. The van der Waals surface area contributed by atoms with E-state index in [2.05, 4.69) is 40.7 Å². The van der Waals surface area contributed by atoms with Gasteiger partial charge in [0.05, 0.1) is 17.7 Å². The van der Waals surface area contributed by atoms with Crippen LogP contribution in [0.5, 0.6) is 0 Å². The minimum absolute atomic E-state index is 0. The highest BCUT2D eigenvalue weighted by Gasteiger charge is 2.58. The summed E-state index contributed by atoms with van der Waals surface area (Å²) in [6, 6.07) is 2.41. The molecule has 0 bridgehead atoms. The third kappa shape index (κ3) is 3.95. The van der Waals surface area contributed by atoms with Crippen LogP contribution < -0.4 is 5.32 Å². The van der Waals surface area contributed by atoms with Crippen molar-refractivity contribution in [2.24, 2.45) is 23.4 Å². The van der Waals surface area contributed by atoms with Crippen molar-refractivity contribution in [3.63, 3.8) is 0 Å². The van der Waals surface area contributed by atoms with E-state index in [1.54, 1.807) is 0 Å². The second-order valence-electron chi connectivity index (χ2n) is 7.70. The van der Waals surface area contributed by atoms with Crippen molar-refractivity contribution in [3.8, 4) is 0 Å². The molecule has 0 spiro atoms. The molecule has 2 fully saturated rings. The van der Waals surface area contributed by atoms with E-state index in [1.807, 2.05) is 26.4 Å². The Morgan fingerprint density at radius 3 is 2.84 bits per heavy atom. The number of aliphatic imine (C=N–C) groups is 1. The van der Waals surface area contributed by atoms with Crippen LogP contribution >= 0.6 is 35.6 Å². The average Bonchev–Trinajstić information content (AvgIpc) is 2.85. The zero-order valence-corrected chi connectivity index (χ0v) is 18.8. The van der Waals surface area contributed by atoms with Crippen molar-refractivity contribution < 1.29 is 4.74 Å². The quantitative estimate of drug-likeness (QED) is 0.409. The highest BCUT2D eigenvalue weighted by atomic mass is 127. The van der Waals surface area contributed by atoms with Gasteiger partial charge in [-0.25, -0.2) is 0 Å². The summed E-state index contributed by atoms with van der Waals surface area (Å²) in [4.78, 5) is 6.65. The van der Waals surface area contributed by atoms with Crippen molar-refractivity contribution >= 4 is 41.5 Å². The first-order valence-electron chi connectivity index (χ1n) is 8.71. The van der Waals surface area contributed by atoms with E-state index in [1.165, 1.54) is 6.42 Å². The van der Waals surface area contributed by atoms with E-state index in [0.717, 1.165) is 36.2 Å². The van der Waals surface area contributed by atoms with E-state index in [9.17, 15) is 0 Å². The monoisotopic (exact) mass is 480 g/mol. The Hall–Kier alpha value is -0.470. The fraction of sp³-hybridized carbons (Fsp3) is 0.722. The molecule has 0 amide bonds. The van der Waals surface area contributed by atoms with Crippen molar-refractivity contribution in [2.75, 3.05) is 20.7 Å². The van der Waals surface area contributed by atoms with Crippen LogP contribution in [0.1, 0.15) is 32.4 Å². The lowest BCUT2D eigenvalue weighted by atomic mass is 9.55. The third-order valence-corrected chi connectivity index (χ3v) is 5.87. The molecule has 142 valence electrons. The Morgan fingerprint density at radius 1 is 1.52 bits per heavy atom. The van der Waals surface area contributed by atoms with E-state index in [0.29, 0.717) is 18.1 Å². The first-order chi connectivity index (χ1) is 11.3. The van der Waals surface area contributed by atoms with Crippen LogP contribution in [0.25, 0.3) is 0 Å². The third-order valence-electron chi connectivity index (χ3n) is 5.66. The van der Waals surface area contributed by atoms with Crippen molar-refractivity contribution in [1.29, 1.82) is 0 Å². The number of rotatable bonds is 3. The number of guanidine groups is 1. The minimum atomic E-state index is 0. The van der Waals surface area contributed by atoms with Crippen LogP contribution in [0.15, 0.2) is 17.3 Å². The lowest BCUT2D eigenvalue weighted by Crippen LogP contribution is -2.71. The van der Waals surface area contributed by atoms with E-state index >= 15 is 0 Å². The lowest BCUT2D eigenvalue weighted by Gasteiger charge is -2.60. The van der Waals surface area contributed by atoms with E-state index in [4.69, 9.17) is 16.3 Å². The highest BCUT2D eigenvalue weighted by molar-refractivity contribution is 14.0. The Bertz CT molecular complexity index is 631. The van der Waals surface area contributed by atoms with E-state index in [-0.39, 0.29) is 29.4 Å². The van der Waals surface area contributed by atoms with Gasteiger partial charge in [-0.15, -0.1) is 24.0 Å². The predicted octanol–water partition coefficient (Wildman–Crippen LogP) is 3.51. The molecule has 1 aliphatic carbocycles. The smallest absolute Gasteiger partial charge is 0.193 e. The first-order valence-corrected chi connectivity index (χ1v) is 9.09. The van der Waals surface area contributed by atoms with Gasteiger partial charge in [-0.3, -0.25) is 4.99 Å². The predicted molar refractivity (Wildman–Crippen MR) is 114 cm³/mol. The fourth-order valence-electron chi connectivity index (χ4n) is 4.34. The zero-order valence-electron chi connectivity index (χ0n) is 15.8. The molecule has 0 radical (unpaired) electrons. The molecule has 5 nitrogen and oxygen atoms in total. The number of fused-ring (bicyclic) bond motifs is 1. The molecule has 1 aromatic heterocycles. The lowest BCUT2D eigenvalue weighted by molar-refractivity contribution is -0.188. The van der Waals surface area contributed by atoms with Gasteiger partial charge in [0.15, 0.2) is 5.96 Å². The molecule has 1 saturated heterocycles. The van der Waals surface area contributed by atoms with Crippen molar-refractivity contribution in [1.82, 2.24) is 14.8 Å². The molecule has 1 saturated carbocycles. The average molecular weight is 481 g/mol. The Kier molecular flexibility index (Phi) is 6.71. The molecule has 0 aromatic carbocycles. The Balaban J connectivity index is 0.00000225. The van der Waals surface area contributed by atoms with Crippen LogP contribution in [-0.2, 0) is 18.3 Å². The molecular formula is C18H30ClIN4O. The maximum atomic E-state index is 6.09. The van der Waals surface area contributed by atoms with Gasteiger partial charge < -0.3 is 19.5 Å². The molecule has 2 heterocycles. The molecule has 7 heteroatoms. The molecule has 2 aliphatic rings. The summed E-state index contributed by atoms with van der Waals surface area (Å²) in [5.74, 6) is 1.51. The molecule has 1 aliphatic heterocycles. The largest absolute Gasteiger partial charge is 0.377 e. The minimum Gasteiger partial charge on any atom is -0.377 e. The maximum Gasteiger partial charge on any atom is 0.193 e. The van der Waals surface area contributed by atoms with Crippen molar-refractivity contribution in [2.45, 2.75) is 45.4 Å². The summed E-state index contributed by atoms with van der Waals surface area (Å²) < 4.78 is 8.06. The van der Waals surface area contributed by atoms with Crippen LogP contribution in [0.3, 0.4) is 0 Å². The molecule has 3 unspecified atom stereocenters. The normalized spacial score (nSPS) is 27.8. The standard InChI is InChI=1S/C18H29ClN4O.HI/c1-18(2)15(14-7-6-8-24-16(14)18)21-17(20-3)23(5)11-13-9-12(19)10-22(13)4;/h9-10,14-16H,6-8,11H2,1-5H3,(H,20,21);1H. The number of halogens is 2. The van der Waals surface area contributed by atoms with Gasteiger partial charge in [-0.2, -0.15) is 0 Å². The summed E-state index contributed by atoms with van der Waals surface area (Å²) >= 11 is 6.09. The summed E-state index contributed by atoms with van der Waals surface area (Å²) in [7, 11) is 5.93. The van der Waals surface area contributed by atoms with Crippen LogP contribution in [0, 0.1) is 11.3 Å². The van der Waals surface area contributed by atoms with Gasteiger partial charge in [-0.1, -0.05) is 25.4 Å². The fourth-order valence-corrected chi connectivity index (χ4v) is 4.61. The van der Waals surface area contributed by atoms with E-state index < -0.39 is 0 Å². The summed E-state index contributed by atoms with van der Waals surface area (Å²) in [6.45, 7) is 6.25. The summed E-state index contributed by atoms with van der Waals surface area (Å²) in [5, 5.41) is 4.46. The second-order valence-corrected chi connectivity index (χ2v) is 8.14. The number of hydrogen-bond acceptors (Lipinski definition) is 2. The van der Waals surface area contributed by atoms with Gasteiger partial charge in [0.2, 0.25) is 0 Å².